The molecule has 0 aromatic rings. The molecule has 3 atom stereocenters. The van der Waals surface area contributed by atoms with Gasteiger partial charge in [0.15, 0.2) is 0 Å². The minimum Gasteiger partial charge on any atom is -0.456 e. The summed E-state index contributed by atoms with van der Waals surface area (Å²) in [5.41, 5.74) is 0. The first kappa shape index (κ1) is 74.9. The molecule has 10 heteroatoms. The Morgan fingerprint density at radius 1 is 0.474 bits per heavy atom. The molecule has 9 nitrogen and oxygen atoms in total. The lowest BCUT2D eigenvalue weighted by molar-refractivity contribution is -0.870. The first-order valence-corrected chi connectivity index (χ1v) is 33.6. The first-order chi connectivity index (χ1) is 37.9. The largest absolute Gasteiger partial charge is 0.472 e. The SMILES string of the molecule is CC/C=C/C=C/C=C\CCCCCCCC(=O)OC(/C=C\CCCCCCCCCCCC)C(COP(=O)(O)OCC[N+](C)(C)C)NC(=O)CCCCCCCCCCCCC/C=C\C/C=C\C/C=C\C/C=C\CCCCC. The summed E-state index contributed by atoms with van der Waals surface area (Å²) in [4.78, 5) is 37.7. The van der Waals surface area contributed by atoms with Crippen LogP contribution in [0.4, 0.5) is 0 Å². The maximum Gasteiger partial charge on any atom is 0.472 e. The number of carbonyl (C=O) groups is 2. The lowest BCUT2D eigenvalue weighted by Gasteiger charge is -2.27. The zero-order chi connectivity index (χ0) is 57.2. The van der Waals surface area contributed by atoms with E-state index < -0.39 is 20.0 Å². The molecular formula is C68H122N2O7P+. The average Bonchev–Trinajstić information content (AvgIpc) is 3.40. The van der Waals surface area contributed by atoms with Crippen molar-refractivity contribution in [2.45, 2.75) is 283 Å². The van der Waals surface area contributed by atoms with E-state index in [0.717, 1.165) is 96.3 Å². The highest BCUT2D eigenvalue weighted by Gasteiger charge is 2.30. The van der Waals surface area contributed by atoms with Gasteiger partial charge in [0.05, 0.1) is 33.8 Å². The van der Waals surface area contributed by atoms with Crippen LogP contribution in [0.2, 0.25) is 0 Å². The van der Waals surface area contributed by atoms with E-state index in [-0.39, 0.29) is 31.5 Å². The highest BCUT2D eigenvalue weighted by atomic mass is 31.2. The number of amides is 1. The molecule has 0 bridgehead atoms. The third-order valence-electron chi connectivity index (χ3n) is 13.8. The number of quaternary nitrogens is 1. The zero-order valence-corrected chi connectivity index (χ0v) is 52.3. The first-order valence-electron chi connectivity index (χ1n) is 32.1. The number of hydrogen-bond donors (Lipinski definition) is 2. The minimum absolute atomic E-state index is 0.0320. The summed E-state index contributed by atoms with van der Waals surface area (Å²) in [5, 5.41) is 3.05. The molecule has 0 aliphatic rings. The van der Waals surface area contributed by atoms with E-state index in [1.807, 2.05) is 33.3 Å². The third kappa shape index (κ3) is 57.6. The van der Waals surface area contributed by atoms with Crippen LogP contribution >= 0.6 is 7.82 Å². The van der Waals surface area contributed by atoms with E-state index >= 15 is 0 Å². The van der Waals surface area contributed by atoms with Crippen molar-refractivity contribution in [2.24, 2.45) is 0 Å². The molecule has 0 aliphatic carbocycles. The summed E-state index contributed by atoms with van der Waals surface area (Å²) in [6.07, 6.45) is 77.0. The van der Waals surface area contributed by atoms with E-state index in [9.17, 15) is 19.0 Å². The lowest BCUT2D eigenvalue weighted by Crippen LogP contribution is -2.47. The summed E-state index contributed by atoms with van der Waals surface area (Å²) in [5.74, 6) is -0.534. The smallest absolute Gasteiger partial charge is 0.456 e. The predicted octanol–water partition coefficient (Wildman–Crippen LogP) is 19.9. The van der Waals surface area contributed by atoms with Gasteiger partial charge in [0.1, 0.15) is 19.3 Å². The molecule has 0 aliphatic heterocycles. The molecule has 2 N–H and O–H groups in total. The Labute approximate surface area is 481 Å². The van der Waals surface area contributed by atoms with Gasteiger partial charge in [-0.05, 0) is 96.0 Å². The Morgan fingerprint density at radius 3 is 1.36 bits per heavy atom. The predicted molar refractivity (Wildman–Crippen MR) is 337 cm³/mol. The maximum atomic E-state index is 13.6. The fourth-order valence-electron chi connectivity index (χ4n) is 8.86. The molecule has 0 fully saturated rings. The van der Waals surface area contributed by atoms with Crippen LogP contribution in [0.1, 0.15) is 271 Å². The standard InChI is InChI=1S/C68H121N2O7P/c1-7-10-13-16-19-22-25-28-29-30-31-32-33-34-35-36-37-38-39-40-41-43-45-48-51-54-57-60-67(71)69-65(64-76-78(73,74)75-63-62-70(4,5)6)66(59-56-53-50-47-44-27-24-21-18-15-12-9-3)77-68(72)61-58-55-52-49-46-42-26-23-20-17-14-11-8-2/h11,14,17,19-20,22-23,26,28-29,31-32,34-35,56,59,65-66H,7-10,12-13,15-16,18,21,24-25,27,30,33,36-55,57-58,60-64H2,1-6H3,(H-,69,71,73,74)/p+1/b14-11+,20-17+,22-19-,26-23-,29-28-,32-31-,35-34-,59-56-. The van der Waals surface area contributed by atoms with Crippen molar-refractivity contribution in [3.63, 3.8) is 0 Å². The summed E-state index contributed by atoms with van der Waals surface area (Å²) in [7, 11) is 1.47. The van der Waals surface area contributed by atoms with Gasteiger partial charge in [-0.15, -0.1) is 0 Å². The zero-order valence-electron chi connectivity index (χ0n) is 51.4. The average molecular weight is 1110 g/mol. The molecule has 0 spiro atoms. The molecule has 78 heavy (non-hydrogen) atoms. The number of esters is 1. The Balaban J connectivity index is 5.09. The molecule has 0 aromatic heterocycles. The normalized spacial score (nSPS) is 14.3. The van der Waals surface area contributed by atoms with E-state index in [2.05, 4.69) is 111 Å². The van der Waals surface area contributed by atoms with Crippen molar-refractivity contribution >= 4 is 19.7 Å². The van der Waals surface area contributed by atoms with Crippen molar-refractivity contribution in [3.8, 4) is 0 Å². The van der Waals surface area contributed by atoms with Crippen molar-refractivity contribution in [2.75, 3.05) is 40.9 Å². The Hall–Kier alpha value is -3.07. The number of rotatable bonds is 57. The molecule has 450 valence electrons. The van der Waals surface area contributed by atoms with Crippen molar-refractivity contribution in [1.82, 2.24) is 5.32 Å². The van der Waals surface area contributed by atoms with Crippen LogP contribution < -0.4 is 5.32 Å². The summed E-state index contributed by atoms with van der Waals surface area (Å²) >= 11 is 0. The fraction of sp³-hybridized carbons (Fsp3) is 0.735. The number of phosphoric acid groups is 1. The van der Waals surface area contributed by atoms with E-state index in [0.29, 0.717) is 23.9 Å². The summed E-state index contributed by atoms with van der Waals surface area (Å²) in [6, 6.07) is -0.863. The highest BCUT2D eigenvalue weighted by Crippen LogP contribution is 2.43. The number of phosphoric ester groups is 1. The summed E-state index contributed by atoms with van der Waals surface area (Å²) < 4.78 is 30.7. The molecule has 0 aromatic carbocycles. The second kappa shape index (κ2) is 57.2. The van der Waals surface area contributed by atoms with Gasteiger partial charge in [-0.25, -0.2) is 4.57 Å². The Morgan fingerprint density at radius 2 is 0.872 bits per heavy atom. The topological polar surface area (TPSA) is 111 Å². The van der Waals surface area contributed by atoms with E-state index in [1.54, 1.807) is 0 Å². The van der Waals surface area contributed by atoms with Gasteiger partial charge >= 0.3 is 13.8 Å². The molecule has 0 rings (SSSR count). The number of hydrogen-bond acceptors (Lipinski definition) is 6. The van der Waals surface area contributed by atoms with Crippen LogP contribution in [-0.4, -0.2) is 74.3 Å². The van der Waals surface area contributed by atoms with Gasteiger partial charge in [0, 0.05) is 12.8 Å². The van der Waals surface area contributed by atoms with Gasteiger partial charge in [0.25, 0.3) is 0 Å². The quantitative estimate of drug-likeness (QED) is 0.0156. The van der Waals surface area contributed by atoms with Gasteiger partial charge < -0.3 is 19.4 Å². The van der Waals surface area contributed by atoms with Gasteiger partial charge in [-0.3, -0.25) is 18.6 Å². The van der Waals surface area contributed by atoms with Crippen LogP contribution in [-0.2, 0) is 27.9 Å². The number of nitrogens with one attached hydrogen (secondary N) is 1. The van der Waals surface area contributed by atoms with Crippen molar-refractivity contribution in [3.05, 3.63) is 97.2 Å². The third-order valence-corrected chi connectivity index (χ3v) is 14.8. The second-order valence-corrected chi connectivity index (χ2v) is 24.1. The monoisotopic (exact) mass is 1110 g/mol. The molecule has 1 amide bonds. The summed E-state index contributed by atoms with van der Waals surface area (Å²) in [6.45, 7) is 6.83. The van der Waals surface area contributed by atoms with Gasteiger partial charge in [0.2, 0.25) is 5.91 Å². The number of allylic oxidation sites excluding steroid dienone is 15. The van der Waals surface area contributed by atoms with Crippen LogP contribution in [0.3, 0.4) is 0 Å². The fourth-order valence-corrected chi connectivity index (χ4v) is 9.60. The van der Waals surface area contributed by atoms with Gasteiger partial charge in [-0.2, -0.15) is 0 Å². The van der Waals surface area contributed by atoms with Crippen LogP contribution in [0.15, 0.2) is 97.2 Å². The highest BCUT2D eigenvalue weighted by molar-refractivity contribution is 7.47. The Kier molecular flexibility index (Phi) is 54.9. The number of carbonyl (C=O) groups excluding carboxylic acids is 2. The van der Waals surface area contributed by atoms with E-state index in [4.69, 9.17) is 13.8 Å². The van der Waals surface area contributed by atoms with Crippen molar-refractivity contribution in [1.29, 1.82) is 0 Å². The number of likely N-dealkylation sites (N-methyl/N-ethyl adjacent to an activating group) is 1. The molecule has 3 unspecified atom stereocenters. The minimum atomic E-state index is -4.46. The number of unbranched alkanes of at least 4 members (excludes halogenated alkanes) is 29. The van der Waals surface area contributed by atoms with Crippen molar-refractivity contribution < 1.29 is 37.3 Å². The molecule has 0 saturated heterocycles. The number of nitrogens with zero attached hydrogens (tertiary/aromatic N) is 1. The number of ether oxygens (including phenoxy) is 1. The second-order valence-electron chi connectivity index (χ2n) is 22.6. The Bertz CT molecular complexity index is 1660. The van der Waals surface area contributed by atoms with Crippen LogP contribution in [0, 0.1) is 0 Å². The molecular weight excluding hydrogens is 988 g/mol. The molecule has 0 heterocycles. The molecule has 0 saturated carbocycles. The molecule has 0 radical (unpaired) electrons. The lowest BCUT2D eigenvalue weighted by atomic mass is 10.0. The van der Waals surface area contributed by atoms with Gasteiger partial charge in [-0.1, -0.05) is 260 Å². The van der Waals surface area contributed by atoms with Crippen LogP contribution in [0.5, 0.6) is 0 Å². The van der Waals surface area contributed by atoms with E-state index in [1.165, 1.54) is 135 Å². The maximum absolute atomic E-state index is 13.6. The van der Waals surface area contributed by atoms with Crippen LogP contribution in [0.25, 0.3) is 0 Å².